The first-order chi connectivity index (χ1) is 18.7. The van der Waals surface area contributed by atoms with Gasteiger partial charge in [0.25, 0.3) is 10.9 Å². The fraction of sp³-hybridized carbons (Fsp3) is 0.0769. The summed E-state index contributed by atoms with van der Waals surface area (Å²) in [7, 11) is 0. The second kappa shape index (κ2) is 8.90. The van der Waals surface area contributed by atoms with Crippen molar-refractivity contribution >= 4 is 22.3 Å². The van der Waals surface area contributed by atoms with Crippen LogP contribution in [0.25, 0.3) is 33.4 Å². The summed E-state index contributed by atoms with van der Waals surface area (Å²) in [5, 5.41) is 31.8. The number of fused-ring (bicyclic) bond motifs is 1. The maximum Gasteiger partial charge on any atom is 0.416 e. The van der Waals surface area contributed by atoms with Crippen LogP contribution in [-0.4, -0.2) is 35.5 Å². The van der Waals surface area contributed by atoms with Crippen LogP contribution in [0, 0.1) is 0 Å². The van der Waals surface area contributed by atoms with Crippen LogP contribution in [0.2, 0.25) is 0 Å². The molecule has 0 aliphatic carbocycles. The minimum Gasteiger partial charge on any atom is -0.502 e. The van der Waals surface area contributed by atoms with Gasteiger partial charge in [-0.05, 0) is 64.4 Å². The summed E-state index contributed by atoms with van der Waals surface area (Å²) in [6.45, 7) is 0.287. The molecule has 3 N–H and O–H groups in total. The van der Waals surface area contributed by atoms with Crippen LogP contribution in [0.4, 0.5) is 24.5 Å². The number of alkyl halides is 3. The molecular formula is C26H16F3N7O3. The largest absolute Gasteiger partial charge is 0.502 e. The van der Waals surface area contributed by atoms with Crippen molar-refractivity contribution < 1.29 is 18.3 Å². The summed E-state index contributed by atoms with van der Waals surface area (Å²) < 4.78 is 40.2. The predicted molar refractivity (Wildman–Crippen MR) is 135 cm³/mol. The van der Waals surface area contributed by atoms with Gasteiger partial charge in [-0.2, -0.15) is 23.5 Å². The average molecular weight is 531 g/mol. The fourth-order valence-corrected chi connectivity index (χ4v) is 4.24. The Balaban J connectivity index is 1.33. The number of anilines is 2. The molecule has 2 heterocycles. The number of aromatic amines is 1. The molecule has 0 unspecified atom stereocenters. The summed E-state index contributed by atoms with van der Waals surface area (Å²) in [6, 6.07) is 15.7. The van der Waals surface area contributed by atoms with Crippen LogP contribution in [0.5, 0.6) is 5.75 Å². The molecule has 0 aliphatic rings. The van der Waals surface area contributed by atoms with Gasteiger partial charge in [0.2, 0.25) is 5.82 Å². The molecule has 39 heavy (non-hydrogen) atoms. The van der Waals surface area contributed by atoms with Gasteiger partial charge >= 0.3 is 6.18 Å². The first kappa shape index (κ1) is 24.0. The number of H-pyrrole nitrogens is 1. The number of benzene rings is 3. The molecule has 6 rings (SSSR count). The van der Waals surface area contributed by atoms with E-state index in [2.05, 4.69) is 31.0 Å². The lowest BCUT2D eigenvalue weighted by atomic mass is 10.00. The Morgan fingerprint density at radius 1 is 0.923 bits per heavy atom. The quantitative estimate of drug-likeness (QED) is 0.274. The second-order valence-corrected chi connectivity index (χ2v) is 8.84. The topological polar surface area (TPSA) is 139 Å². The molecule has 13 heteroatoms. The molecule has 10 nitrogen and oxygen atoms in total. The first-order valence-corrected chi connectivity index (χ1v) is 11.5. The van der Waals surface area contributed by atoms with E-state index in [9.17, 15) is 27.9 Å². The van der Waals surface area contributed by atoms with E-state index in [1.165, 1.54) is 12.1 Å². The smallest absolute Gasteiger partial charge is 0.416 e. The number of tetrazole rings is 1. The molecule has 2 aromatic heterocycles. The highest BCUT2D eigenvalue weighted by molar-refractivity contribution is 5.86. The van der Waals surface area contributed by atoms with Gasteiger partial charge in [-0.25, -0.2) is 0 Å². The highest BCUT2D eigenvalue weighted by Gasteiger charge is 2.30. The number of hydrogen-bond acceptors (Lipinski definition) is 8. The number of aromatic nitrogens is 6. The Hall–Kier alpha value is -5.33. The van der Waals surface area contributed by atoms with Gasteiger partial charge in [-0.3, -0.25) is 14.3 Å². The maximum atomic E-state index is 12.9. The Labute approximate surface area is 216 Å². The van der Waals surface area contributed by atoms with Crippen molar-refractivity contribution in [3.63, 3.8) is 0 Å². The number of halogens is 3. The summed E-state index contributed by atoms with van der Waals surface area (Å²) in [5.74, 6) is -0.340. The molecule has 0 aliphatic heterocycles. The van der Waals surface area contributed by atoms with Gasteiger partial charge in [-0.1, -0.05) is 18.2 Å². The van der Waals surface area contributed by atoms with Crippen LogP contribution in [0.15, 0.2) is 76.4 Å². The number of nitrogens with one attached hydrogen (secondary N) is 2. The molecule has 0 fully saturated rings. The highest BCUT2D eigenvalue weighted by Crippen LogP contribution is 2.33. The van der Waals surface area contributed by atoms with Crippen LogP contribution in [0.1, 0.15) is 11.1 Å². The third-order valence-corrected chi connectivity index (χ3v) is 6.20. The molecule has 0 saturated heterocycles. The molecule has 4 aromatic carbocycles. The van der Waals surface area contributed by atoms with E-state index < -0.39 is 28.3 Å². The highest BCUT2D eigenvalue weighted by atomic mass is 19.4. The molecular weight excluding hydrogens is 515 g/mol. The van der Waals surface area contributed by atoms with Crippen LogP contribution in [-0.2, 0) is 12.7 Å². The monoisotopic (exact) mass is 531 g/mol. The SMILES string of the molecule is O=c1c(O)c(Nc2cc(-c3ccc4nn(Cc5ccc(C(F)(F)F)cc5)cc4c3)cc(-c3nn[nH]n3)c2)c1=O. The van der Waals surface area contributed by atoms with Gasteiger partial charge in [-0.15, -0.1) is 10.2 Å². The van der Waals surface area contributed by atoms with Crippen molar-refractivity contribution in [3.8, 4) is 28.3 Å². The molecule has 0 amide bonds. The van der Waals surface area contributed by atoms with Crippen molar-refractivity contribution in [1.82, 2.24) is 30.4 Å². The Morgan fingerprint density at radius 3 is 2.38 bits per heavy atom. The molecule has 0 bridgehead atoms. The van der Waals surface area contributed by atoms with E-state index in [1.807, 2.05) is 24.3 Å². The normalized spacial score (nSPS) is 11.9. The lowest BCUT2D eigenvalue weighted by Crippen LogP contribution is -2.32. The predicted octanol–water partition coefficient (Wildman–Crippen LogP) is 4.00. The number of hydrogen-bond donors (Lipinski definition) is 3. The van der Waals surface area contributed by atoms with E-state index in [0.717, 1.165) is 23.1 Å². The first-order valence-electron chi connectivity index (χ1n) is 11.5. The Kier molecular flexibility index (Phi) is 5.49. The maximum absolute atomic E-state index is 12.9. The van der Waals surface area contributed by atoms with Crippen molar-refractivity contribution in [2.24, 2.45) is 0 Å². The zero-order valence-corrected chi connectivity index (χ0v) is 19.7. The molecule has 0 radical (unpaired) electrons. The molecule has 194 valence electrons. The lowest BCUT2D eigenvalue weighted by Gasteiger charge is -2.12. The van der Waals surface area contributed by atoms with E-state index in [0.29, 0.717) is 33.7 Å². The fourth-order valence-electron chi connectivity index (χ4n) is 4.24. The summed E-state index contributed by atoms with van der Waals surface area (Å²) >= 11 is 0. The number of aromatic hydroxyl groups is 1. The van der Waals surface area contributed by atoms with Gasteiger partial charge in [0.15, 0.2) is 5.75 Å². The Bertz CT molecular complexity index is 1900. The van der Waals surface area contributed by atoms with Crippen molar-refractivity contribution in [3.05, 3.63) is 98.4 Å². The van der Waals surface area contributed by atoms with Crippen LogP contribution in [0.3, 0.4) is 0 Å². The Morgan fingerprint density at radius 2 is 1.69 bits per heavy atom. The minimum atomic E-state index is -4.39. The molecule has 0 saturated carbocycles. The van der Waals surface area contributed by atoms with Gasteiger partial charge < -0.3 is 10.4 Å². The van der Waals surface area contributed by atoms with Gasteiger partial charge in [0.1, 0.15) is 5.69 Å². The van der Waals surface area contributed by atoms with E-state index >= 15 is 0 Å². The van der Waals surface area contributed by atoms with E-state index in [1.54, 1.807) is 23.0 Å². The van der Waals surface area contributed by atoms with Gasteiger partial charge in [0, 0.05) is 22.8 Å². The molecule has 0 atom stereocenters. The zero-order valence-electron chi connectivity index (χ0n) is 19.7. The second-order valence-electron chi connectivity index (χ2n) is 8.84. The summed E-state index contributed by atoms with van der Waals surface area (Å²) in [4.78, 5) is 23.3. The third kappa shape index (κ3) is 4.50. The standard InChI is InChI=1S/C26H16F3N7O3/c27-26(28,29)18-4-1-13(2-5-18)11-36-12-17-7-14(3-6-20(17)33-36)15-8-16(25-31-34-35-32-25)10-19(9-15)30-21-22(37)24(39)23(21)38/h1-10,12,30,37H,11H2,(H,31,32,34,35). The van der Waals surface area contributed by atoms with Gasteiger partial charge in [0.05, 0.1) is 17.6 Å². The zero-order chi connectivity index (χ0) is 27.3. The lowest BCUT2D eigenvalue weighted by molar-refractivity contribution is -0.137. The molecule has 0 spiro atoms. The van der Waals surface area contributed by atoms with E-state index in [4.69, 9.17) is 0 Å². The molecule has 6 aromatic rings. The number of rotatable bonds is 6. The van der Waals surface area contributed by atoms with E-state index in [-0.39, 0.29) is 12.2 Å². The van der Waals surface area contributed by atoms with Crippen molar-refractivity contribution in [2.75, 3.05) is 5.32 Å². The van der Waals surface area contributed by atoms with Crippen LogP contribution < -0.4 is 16.2 Å². The van der Waals surface area contributed by atoms with Crippen molar-refractivity contribution in [2.45, 2.75) is 12.7 Å². The minimum absolute atomic E-state index is 0.198. The van der Waals surface area contributed by atoms with Crippen LogP contribution >= 0.6 is 0 Å². The van der Waals surface area contributed by atoms with Crippen molar-refractivity contribution in [1.29, 1.82) is 0 Å². The summed E-state index contributed by atoms with van der Waals surface area (Å²) in [6.07, 6.45) is -2.60. The third-order valence-electron chi connectivity index (χ3n) is 6.20. The number of nitrogens with zero attached hydrogens (tertiary/aromatic N) is 5. The average Bonchev–Trinajstić information content (AvgIpc) is 3.60. The summed E-state index contributed by atoms with van der Waals surface area (Å²) in [5.41, 5.74) is 1.12.